The molecule has 0 unspecified atom stereocenters. The van der Waals surface area contributed by atoms with Gasteiger partial charge in [0.2, 0.25) is 0 Å². The summed E-state index contributed by atoms with van der Waals surface area (Å²) >= 11 is 5.95. The Morgan fingerprint density at radius 3 is 2.52 bits per heavy atom. The number of nitrogens with zero attached hydrogens (tertiary/aromatic N) is 1. The monoisotopic (exact) mass is 362 g/mol. The molecule has 0 fully saturated rings. The van der Waals surface area contributed by atoms with Crippen LogP contribution in [0.3, 0.4) is 0 Å². The van der Waals surface area contributed by atoms with Crippen molar-refractivity contribution < 1.29 is 14.3 Å². The molecule has 1 heterocycles. The first kappa shape index (κ1) is 19.1. The lowest BCUT2D eigenvalue weighted by Crippen LogP contribution is -2.30. The Morgan fingerprint density at radius 2 is 1.92 bits per heavy atom. The smallest absolute Gasteiger partial charge is 0.340 e. The number of aromatic nitrogens is 1. The molecule has 0 aliphatic heterocycles. The molecule has 0 saturated carbocycles. The van der Waals surface area contributed by atoms with Gasteiger partial charge in [-0.2, -0.15) is 0 Å². The molecule has 2 rings (SSSR count). The molecular weight excluding hydrogens is 340 g/mol. The fourth-order valence-corrected chi connectivity index (χ4v) is 2.91. The summed E-state index contributed by atoms with van der Waals surface area (Å²) in [6.45, 7) is 10.0. The van der Waals surface area contributed by atoms with Crippen LogP contribution in [0.25, 0.3) is 0 Å². The highest BCUT2D eigenvalue weighted by Gasteiger charge is 2.22. The third kappa shape index (κ3) is 4.23. The lowest BCUT2D eigenvalue weighted by atomic mass is 10.2. The predicted octanol–water partition coefficient (Wildman–Crippen LogP) is 4.27. The topological polar surface area (TPSA) is 60.3 Å². The van der Waals surface area contributed by atoms with Crippen molar-refractivity contribution in [1.29, 1.82) is 0 Å². The number of nitrogens with one attached hydrogen (secondary N) is 1. The van der Waals surface area contributed by atoms with Crippen molar-refractivity contribution in [2.75, 3.05) is 5.32 Å². The molecule has 1 amide bonds. The molecule has 25 heavy (non-hydrogen) atoms. The molecule has 6 heteroatoms. The fraction of sp³-hybridized carbons (Fsp3) is 0.368. The Balaban J connectivity index is 2.08. The van der Waals surface area contributed by atoms with E-state index >= 15 is 0 Å². The standard InChI is InChI=1S/C19H23ClN2O3/c1-6-22-12(3)9-16(13(22)4)19(24)25-14(5)18(23)21-17-10-15(20)8-7-11(17)2/h7-10,14H,6H2,1-5H3,(H,21,23)/t14-/m1/s1. The van der Waals surface area contributed by atoms with Crippen LogP contribution in [0.15, 0.2) is 24.3 Å². The third-order valence-electron chi connectivity index (χ3n) is 4.22. The maximum Gasteiger partial charge on any atom is 0.340 e. The Labute approximate surface area is 152 Å². The molecule has 1 atom stereocenters. The van der Waals surface area contributed by atoms with Crippen LogP contribution in [0.1, 0.15) is 41.2 Å². The van der Waals surface area contributed by atoms with Crippen LogP contribution in [-0.4, -0.2) is 22.5 Å². The van der Waals surface area contributed by atoms with Gasteiger partial charge in [0.05, 0.1) is 5.56 Å². The van der Waals surface area contributed by atoms with Gasteiger partial charge in [-0.1, -0.05) is 17.7 Å². The zero-order valence-electron chi connectivity index (χ0n) is 15.1. The summed E-state index contributed by atoms with van der Waals surface area (Å²) in [5.74, 6) is -0.902. The van der Waals surface area contributed by atoms with Crippen molar-refractivity contribution in [3.05, 3.63) is 51.8 Å². The van der Waals surface area contributed by atoms with Gasteiger partial charge in [-0.3, -0.25) is 4.79 Å². The van der Waals surface area contributed by atoms with E-state index in [9.17, 15) is 9.59 Å². The van der Waals surface area contributed by atoms with Crippen molar-refractivity contribution in [2.24, 2.45) is 0 Å². The Kier molecular flexibility index (Phi) is 5.90. The molecule has 1 aromatic carbocycles. The normalized spacial score (nSPS) is 11.9. The van der Waals surface area contributed by atoms with Gasteiger partial charge in [-0.05, 0) is 58.4 Å². The molecule has 5 nitrogen and oxygen atoms in total. The fourth-order valence-electron chi connectivity index (χ4n) is 2.74. The number of halogens is 1. The van der Waals surface area contributed by atoms with E-state index in [1.54, 1.807) is 25.1 Å². The molecule has 1 aromatic heterocycles. The first-order chi connectivity index (χ1) is 11.7. The van der Waals surface area contributed by atoms with Crippen LogP contribution in [0, 0.1) is 20.8 Å². The van der Waals surface area contributed by atoms with Crippen LogP contribution < -0.4 is 5.32 Å². The minimum atomic E-state index is -0.921. The molecule has 0 spiro atoms. The number of aryl methyl sites for hydroxylation is 2. The number of amides is 1. The van der Waals surface area contributed by atoms with Crippen LogP contribution in [-0.2, 0) is 16.1 Å². The van der Waals surface area contributed by atoms with Gasteiger partial charge < -0.3 is 14.6 Å². The summed E-state index contributed by atoms with van der Waals surface area (Å²) in [4.78, 5) is 24.7. The van der Waals surface area contributed by atoms with E-state index in [0.29, 0.717) is 16.3 Å². The highest BCUT2D eigenvalue weighted by molar-refractivity contribution is 6.31. The SMILES string of the molecule is CCn1c(C)cc(C(=O)O[C@H](C)C(=O)Nc2cc(Cl)ccc2C)c1C. The van der Waals surface area contributed by atoms with Gasteiger partial charge in [0.1, 0.15) is 0 Å². The van der Waals surface area contributed by atoms with Crippen molar-refractivity contribution in [3.63, 3.8) is 0 Å². The minimum Gasteiger partial charge on any atom is -0.449 e. The zero-order chi connectivity index (χ0) is 18.7. The number of carbonyl (C=O) groups excluding carboxylic acids is 2. The molecule has 0 radical (unpaired) electrons. The maximum absolute atomic E-state index is 12.4. The van der Waals surface area contributed by atoms with Crippen molar-refractivity contribution in [1.82, 2.24) is 4.57 Å². The summed E-state index contributed by atoms with van der Waals surface area (Å²) in [5.41, 5.74) is 3.78. The average molecular weight is 363 g/mol. The number of rotatable bonds is 5. The van der Waals surface area contributed by atoms with E-state index in [2.05, 4.69) is 5.32 Å². The summed E-state index contributed by atoms with van der Waals surface area (Å²) in [6, 6.07) is 7.01. The van der Waals surface area contributed by atoms with Gasteiger partial charge >= 0.3 is 5.97 Å². The Morgan fingerprint density at radius 1 is 1.24 bits per heavy atom. The van der Waals surface area contributed by atoms with E-state index in [1.165, 1.54) is 0 Å². The molecule has 1 N–H and O–H groups in total. The van der Waals surface area contributed by atoms with Crippen molar-refractivity contribution in [3.8, 4) is 0 Å². The summed E-state index contributed by atoms with van der Waals surface area (Å²) in [5, 5.41) is 3.27. The molecule has 0 aliphatic rings. The summed E-state index contributed by atoms with van der Waals surface area (Å²) in [7, 11) is 0. The van der Waals surface area contributed by atoms with E-state index in [-0.39, 0.29) is 0 Å². The molecule has 0 saturated heterocycles. The van der Waals surface area contributed by atoms with Crippen molar-refractivity contribution in [2.45, 2.75) is 47.3 Å². The number of esters is 1. The quantitative estimate of drug-likeness (QED) is 0.808. The molecule has 134 valence electrons. The third-order valence-corrected chi connectivity index (χ3v) is 4.46. The predicted molar refractivity (Wildman–Crippen MR) is 99.3 cm³/mol. The van der Waals surface area contributed by atoms with Crippen LogP contribution in [0.5, 0.6) is 0 Å². The van der Waals surface area contributed by atoms with Crippen molar-refractivity contribution >= 4 is 29.2 Å². The molecule has 0 aliphatic carbocycles. The lowest BCUT2D eigenvalue weighted by Gasteiger charge is -2.15. The second kappa shape index (κ2) is 7.74. The largest absolute Gasteiger partial charge is 0.449 e. The second-order valence-corrected chi connectivity index (χ2v) is 6.46. The molecular formula is C19H23ClN2O3. The number of anilines is 1. The Bertz CT molecular complexity index is 811. The summed E-state index contributed by atoms with van der Waals surface area (Å²) < 4.78 is 7.36. The summed E-state index contributed by atoms with van der Waals surface area (Å²) in [6.07, 6.45) is -0.921. The highest BCUT2D eigenvalue weighted by atomic mass is 35.5. The first-order valence-electron chi connectivity index (χ1n) is 8.19. The van der Waals surface area contributed by atoms with Crippen LogP contribution >= 0.6 is 11.6 Å². The lowest BCUT2D eigenvalue weighted by molar-refractivity contribution is -0.123. The van der Waals surface area contributed by atoms with E-state index < -0.39 is 18.0 Å². The van der Waals surface area contributed by atoms with E-state index in [4.69, 9.17) is 16.3 Å². The number of ether oxygens (including phenoxy) is 1. The second-order valence-electron chi connectivity index (χ2n) is 6.03. The van der Waals surface area contributed by atoms with Gasteiger partial charge in [0.15, 0.2) is 6.10 Å². The van der Waals surface area contributed by atoms with Gasteiger partial charge in [0, 0.05) is 28.6 Å². The zero-order valence-corrected chi connectivity index (χ0v) is 15.9. The first-order valence-corrected chi connectivity index (χ1v) is 8.57. The van der Waals surface area contributed by atoms with Crippen LogP contribution in [0.4, 0.5) is 5.69 Å². The number of carbonyl (C=O) groups is 2. The average Bonchev–Trinajstić information content (AvgIpc) is 2.84. The highest BCUT2D eigenvalue weighted by Crippen LogP contribution is 2.21. The maximum atomic E-state index is 12.4. The minimum absolute atomic E-state index is 0.400. The van der Waals surface area contributed by atoms with E-state index in [1.807, 2.05) is 38.3 Å². The van der Waals surface area contributed by atoms with E-state index in [0.717, 1.165) is 23.5 Å². The number of benzene rings is 1. The van der Waals surface area contributed by atoms with Gasteiger partial charge in [-0.15, -0.1) is 0 Å². The van der Waals surface area contributed by atoms with Gasteiger partial charge in [-0.25, -0.2) is 4.79 Å². The molecule has 0 bridgehead atoms. The number of hydrogen-bond acceptors (Lipinski definition) is 3. The van der Waals surface area contributed by atoms with Crippen LogP contribution in [0.2, 0.25) is 5.02 Å². The van der Waals surface area contributed by atoms with Gasteiger partial charge in [0.25, 0.3) is 5.91 Å². The number of hydrogen-bond donors (Lipinski definition) is 1. The molecule has 2 aromatic rings. The Hall–Kier alpha value is -2.27.